The summed E-state index contributed by atoms with van der Waals surface area (Å²) in [5.41, 5.74) is -5.77. The van der Waals surface area contributed by atoms with Crippen LogP contribution in [0.2, 0.25) is 15.1 Å². The Balaban J connectivity index is 1.50. The summed E-state index contributed by atoms with van der Waals surface area (Å²) < 4.78 is 59.9. The summed E-state index contributed by atoms with van der Waals surface area (Å²) in [6.45, 7) is -0.0316. The van der Waals surface area contributed by atoms with Gasteiger partial charge in [-0.15, -0.1) is 0 Å². The number of nitrogens with one attached hydrogen (secondary N) is 2. The zero-order chi connectivity index (χ0) is 29.7. The second-order valence-corrected chi connectivity index (χ2v) is 13.5. The number of carbonyl (C=O) groups is 2. The van der Waals surface area contributed by atoms with Gasteiger partial charge in [0.05, 0.1) is 20.9 Å². The van der Waals surface area contributed by atoms with Crippen LogP contribution in [0.25, 0.3) is 0 Å². The molecule has 1 saturated carbocycles. The van der Waals surface area contributed by atoms with E-state index in [1.165, 1.54) is 18.2 Å². The second kappa shape index (κ2) is 10.9. The molecule has 3 aromatic carbocycles. The average Bonchev–Trinajstić information content (AvgIpc) is 3.36. The van der Waals surface area contributed by atoms with Crippen LogP contribution in [-0.4, -0.2) is 37.0 Å². The van der Waals surface area contributed by atoms with Crippen LogP contribution in [0, 0.1) is 5.41 Å². The maximum absolute atomic E-state index is 12.9. The van der Waals surface area contributed by atoms with E-state index in [0.717, 1.165) is 24.3 Å². The number of amides is 1. The molecule has 0 aromatic heterocycles. The van der Waals surface area contributed by atoms with Crippen molar-refractivity contribution in [2.45, 2.75) is 20.7 Å². The van der Waals surface area contributed by atoms with Crippen LogP contribution < -0.4 is 10.6 Å². The molecule has 212 valence electrons. The molecule has 1 fully saturated rings. The lowest BCUT2D eigenvalue weighted by Crippen LogP contribution is -2.23. The van der Waals surface area contributed by atoms with Crippen LogP contribution in [0.1, 0.15) is 21.8 Å². The van der Waals surface area contributed by atoms with E-state index in [1.807, 2.05) is 0 Å². The number of carbonyl (C=O) groups excluding carboxylic acids is 2. The van der Waals surface area contributed by atoms with Crippen LogP contribution in [0.15, 0.2) is 65.6 Å². The molecule has 0 spiro atoms. The van der Waals surface area contributed by atoms with Gasteiger partial charge in [-0.25, -0.2) is 8.42 Å². The Morgan fingerprint density at radius 2 is 1.50 bits per heavy atom. The fraction of sp³-hybridized carbons (Fsp3) is 0.200. The molecular formula is C25H16Cl5F3N2O4S. The number of anilines is 2. The fourth-order valence-corrected chi connectivity index (χ4v) is 6.72. The molecule has 2 N–H and O–H groups in total. The van der Waals surface area contributed by atoms with Gasteiger partial charge in [0.25, 0.3) is 15.7 Å². The summed E-state index contributed by atoms with van der Waals surface area (Å²) in [6.07, 6.45) is 0.645. The summed E-state index contributed by atoms with van der Waals surface area (Å²) in [7, 11) is -5.53. The van der Waals surface area contributed by atoms with Crippen molar-refractivity contribution in [3.8, 4) is 0 Å². The first-order chi connectivity index (χ1) is 18.5. The number of rotatable bonds is 8. The summed E-state index contributed by atoms with van der Waals surface area (Å²) >= 11 is 31.4. The zero-order valence-corrected chi connectivity index (χ0v) is 24.3. The van der Waals surface area contributed by atoms with Gasteiger partial charge in [0.1, 0.15) is 10.6 Å². The van der Waals surface area contributed by atoms with Gasteiger partial charge in [-0.05, 0) is 66.2 Å². The molecule has 6 nitrogen and oxygen atoms in total. The van der Waals surface area contributed by atoms with Gasteiger partial charge in [-0.3, -0.25) is 4.79 Å². The third-order valence-electron chi connectivity index (χ3n) is 6.37. The molecule has 0 heterocycles. The van der Waals surface area contributed by atoms with Gasteiger partial charge < -0.3 is 15.4 Å². The molecule has 2 unspecified atom stereocenters. The molecule has 3 aromatic rings. The molecule has 40 heavy (non-hydrogen) atoms. The maximum atomic E-state index is 12.9. The lowest BCUT2D eigenvalue weighted by Gasteiger charge is -2.15. The summed E-state index contributed by atoms with van der Waals surface area (Å²) in [4.78, 5) is 24.1. The Morgan fingerprint density at radius 3 is 2.05 bits per heavy atom. The molecule has 1 aliphatic carbocycles. The Labute approximate surface area is 251 Å². The van der Waals surface area contributed by atoms with E-state index >= 15 is 0 Å². The van der Waals surface area contributed by atoms with Crippen molar-refractivity contribution < 1.29 is 31.2 Å². The number of sulfone groups is 1. The minimum atomic E-state index is -5.53. The second-order valence-electron chi connectivity index (χ2n) is 8.89. The van der Waals surface area contributed by atoms with Crippen LogP contribution >= 0.6 is 58.0 Å². The molecule has 1 aliphatic rings. The Hall–Kier alpha value is -2.21. The van der Waals surface area contributed by atoms with Crippen LogP contribution in [0.3, 0.4) is 0 Å². The number of hydrogen-bond donors (Lipinski definition) is 2. The smallest absolute Gasteiger partial charge is 0.384 e. The van der Waals surface area contributed by atoms with Gasteiger partial charge in [-0.1, -0.05) is 58.0 Å². The van der Waals surface area contributed by atoms with Crippen molar-refractivity contribution >= 4 is 91.4 Å². The van der Waals surface area contributed by atoms with Gasteiger partial charge in [0, 0.05) is 33.9 Å². The maximum Gasteiger partial charge on any atom is 0.501 e. The molecular weight excluding hydrogens is 659 g/mol. The number of benzene rings is 3. The van der Waals surface area contributed by atoms with Gasteiger partial charge in [0.15, 0.2) is 0 Å². The van der Waals surface area contributed by atoms with Crippen LogP contribution in [-0.2, 0) is 14.6 Å². The topological polar surface area (TPSA) is 92.3 Å². The summed E-state index contributed by atoms with van der Waals surface area (Å²) in [5.74, 6) is -1.36. The first-order valence-corrected chi connectivity index (χ1v) is 14.5. The monoisotopic (exact) mass is 672 g/mol. The molecule has 4 rings (SSSR count). The van der Waals surface area contributed by atoms with E-state index in [4.69, 9.17) is 58.0 Å². The van der Waals surface area contributed by atoms with Crippen LogP contribution in [0.5, 0.6) is 0 Å². The first kappa shape index (κ1) is 30.7. The highest BCUT2D eigenvalue weighted by molar-refractivity contribution is 7.92. The van der Waals surface area contributed by atoms with Crippen LogP contribution in [0.4, 0.5) is 24.5 Å². The van der Waals surface area contributed by atoms with Gasteiger partial charge >= 0.3 is 5.51 Å². The standard InChI is InChI=1S/C25H16Cl5F3N2O4S/c26-14-7-13(8-15(27)9-14)21-23(12-36,24(21,29)30)11-34-17-3-6-20(28)19(10-17)22(37)35-16-1-4-18(5-2-16)40(38,39)25(31,32)33/h1-10,12,21,34H,11H2,(H,35,37). The number of alkyl halides is 5. The fourth-order valence-electron chi connectivity index (χ4n) is 4.24. The van der Waals surface area contributed by atoms with Crippen molar-refractivity contribution in [2.24, 2.45) is 5.41 Å². The zero-order valence-electron chi connectivity index (χ0n) is 19.7. The van der Waals surface area contributed by atoms with E-state index in [9.17, 15) is 31.2 Å². The van der Waals surface area contributed by atoms with Crippen molar-refractivity contribution in [1.29, 1.82) is 0 Å². The first-order valence-electron chi connectivity index (χ1n) is 11.1. The van der Waals surface area contributed by atoms with Gasteiger partial charge in [-0.2, -0.15) is 13.2 Å². The van der Waals surface area contributed by atoms with E-state index in [0.29, 0.717) is 27.6 Å². The van der Waals surface area contributed by atoms with Crippen molar-refractivity contribution in [3.05, 3.63) is 86.9 Å². The van der Waals surface area contributed by atoms with Crippen molar-refractivity contribution in [3.63, 3.8) is 0 Å². The molecule has 1 amide bonds. The molecule has 15 heteroatoms. The molecule has 0 radical (unpaired) electrons. The predicted molar refractivity (Wildman–Crippen MR) is 150 cm³/mol. The average molecular weight is 675 g/mol. The quantitative estimate of drug-likeness (QED) is 0.188. The summed E-state index contributed by atoms with van der Waals surface area (Å²) in [5, 5.41) is 6.21. The Kier molecular flexibility index (Phi) is 8.37. The summed E-state index contributed by atoms with van der Waals surface area (Å²) in [6, 6.07) is 12.6. The van der Waals surface area contributed by atoms with E-state index in [-0.39, 0.29) is 22.8 Å². The lowest BCUT2D eigenvalue weighted by molar-refractivity contribution is -0.112. The molecule has 2 atom stereocenters. The minimum absolute atomic E-state index is 0.0178. The van der Waals surface area contributed by atoms with Gasteiger partial charge in [0.2, 0.25) is 0 Å². The van der Waals surface area contributed by atoms with E-state index < -0.39 is 41.8 Å². The van der Waals surface area contributed by atoms with E-state index in [2.05, 4.69) is 10.6 Å². The normalized spacial score (nSPS) is 20.1. The largest absolute Gasteiger partial charge is 0.501 e. The SMILES string of the molecule is O=CC1(CNc2ccc(Cl)c(C(=O)Nc3ccc(S(=O)(=O)C(F)(F)F)cc3)c2)C(c2cc(Cl)cc(Cl)c2)C1(Cl)Cl. The number of aldehydes is 1. The molecule has 0 bridgehead atoms. The predicted octanol–water partition coefficient (Wildman–Crippen LogP) is 7.76. The highest BCUT2D eigenvalue weighted by Crippen LogP contribution is 2.73. The molecule has 0 saturated heterocycles. The highest BCUT2D eigenvalue weighted by Gasteiger charge is 2.76. The Bertz CT molecular complexity index is 1580. The minimum Gasteiger partial charge on any atom is -0.384 e. The van der Waals surface area contributed by atoms with E-state index in [1.54, 1.807) is 18.2 Å². The highest BCUT2D eigenvalue weighted by atomic mass is 35.5. The number of hydrogen-bond acceptors (Lipinski definition) is 5. The molecule has 0 aliphatic heterocycles. The lowest BCUT2D eigenvalue weighted by atomic mass is 10.00. The number of halogens is 8. The third-order valence-corrected chi connectivity index (χ3v) is 9.77. The van der Waals surface area contributed by atoms with Crippen molar-refractivity contribution in [1.82, 2.24) is 0 Å². The third kappa shape index (κ3) is 5.62. The Morgan fingerprint density at radius 1 is 0.925 bits per heavy atom. The van der Waals surface area contributed by atoms with Crippen molar-refractivity contribution in [2.75, 3.05) is 17.2 Å².